The maximum atomic E-state index is 13.7. The van der Waals surface area contributed by atoms with E-state index in [-0.39, 0.29) is 29.7 Å². The molecule has 1 aliphatic rings. The Bertz CT molecular complexity index is 731. The molecule has 1 fully saturated rings. The molecule has 2 heterocycles. The molecule has 7 heteroatoms. The lowest BCUT2D eigenvalue weighted by atomic mass is 9.92. The van der Waals surface area contributed by atoms with Crippen LogP contribution in [0.1, 0.15) is 24.0 Å². The molecule has 2 amide bonds. The van der Waals surface area contributed by atoms with Crippen LogP contribution in [0.3, 0.4) is 0 Å². The van der Waals surface area contributed by atoms with Crippen molar-refractivity contribution >= 4 is 23.1 Å². The van der Waals surface area contributed by atoms with Crippen molar-refractivity contribution in [2.75, 3.05) is 25.0 Å². The standard InChI is InChI=1S/C18H20F2N2O2S/c1-18(19,20)15-4-2-3-5-16(15)21-17(24)22-8-13(10-23)14(9-22)12-6-7-25-11-12/h2-7,11,13-14,23H,8-10H2,1H3,(H,21,24)/t13-,14-/m0/s1. The molecule has 1 aliphatic heterocycles. The van der Waals surface area contributed by atoms with Gasteiger partial charge in [-0.2, -0.15) is 11.3 Å². The number of hydrogen-bond acceptors (Lipinski definition) is 3. The highest BCUT2D eigenvalue weighted by Crippen LogP contribution is 2.35. The zero-order chi connectivity index (χ0) is 18.0. The lowest BCUT2D eigenvalue weighted by Crippen LogP contribution is -2.34. The molecule has 0 saturated carbocycles. The second kappa shape index (κ2) is 7.09. The number of para-hydroxylation sites is 1. The van der Waals surface area contributed by atoms with E-state index in [0.717, 1.165) is 12.5 Å². The molecule has 1 saturated heterocycles. The zero-order valence-corrected chi connectivity index (χ0v) is 14.6. The molecule has 2 aromatic rings. The van der Waals surface area contributed by atoms with Gasteiger partial charge in [-0.05, 0) is 28.5 Å². The Morgan fingerprint density at radius 2 is 2.12 bits per heavy atom. The van der Waals surface area contributed by atoms with E-state index in [4.69, 9.17) is 0 Å². The van der Waals surface area contributed by atoms with Gasteiger partial charge in [0.2, 0.25) is 0 Å². The number of carbonyl (C=O) groups excluding carboxylic acids is 1. The molecule has 0 spiro atoms. The summed E-state index contributed by atoms with van der Waals surface area (Å²) in [4.78, 5) is 14.1. The van der Waals surface area contributed by atoms with Crippen LogP contribution in [0.2, 0.25) is 0 Å². The lowest BCUT2D eigenvalue weighted by Gasteiger charge is -2.20. The summed E-state index contributed by atoms with van der Waals surface area (Å²) in [5.74, 6) is -3.03. The van der Waals surface area contributed by atoms with Crippen molar-refractivity contribution in [2.45, 2.75) is 18.8 Å². The van der Waals surface area contributed by atoms with Crippen molar-refractivity contribution in [3.8, 4) is 0 Å². The first-order valence-electron chi connectivity index (χ1n) is 8.06. The molecule has 1 aromatic carbocycles. The summed E-state index contributed by atoms with van der Waals surface area (Å²) in [6, 6.07) is 7.48. The number of halogens is 2. The number of hydrogen-bond donors (Lipinski definition) is 2. The lowest BCUT2D eigenvalue weighted by molar-refractivity contribution is 0.0182. The highest BCUT2D eigenvalue weighted by Gasteiger charge is 2.36. The highest BCUT2D eigenvalue weighted by molar-refractivity contribution is 7.08. The predicted molar refractivity (Wildman–Crippen MR) is 94.2 cm³/mol. The molecular weight excluding hydrogens is 346 g/mol. The Morgan fingerprint density at radius 1 is 1.36 bits per heavy atom. The molecule has 1 aromatic heterocycles. The number of aliphatic hydroxyl groups excluding tert-OH is 1. The number of amides is 2. The number of carbonyl (C=O) groups is 1. The summed E-state index contributed by atoms with van der Waals surface area (Å²) < 4.78 is 27.4. The van der Waals surface area contributed by atoms with Gasteiger partial charge in [-0.1, -0.05) is 18.2 Å². The molecule has 2 N–H and O–H groups in total. The molecule has 0 unspecified atom stereocenters. The SMILES string of the molecule is CC(F)(F)c1ccccc1NC(=O)N1C[C@@H](CO)[C@H](c2ccsc2)C1. The van der Waals surface area contributed by atoms with Crippen molar-refractivity contribution in [3.63, 3.8) is 0 Å². The molecule has 0 radical (unpaired) electrons. The maximum Gasteiger partial charge on any atom is 0.321 e. The smallest absolute Gasteiger partial charge is 0.321 e. The van der Waals surface area contributed by atoms with Crippen molar-refractivity contribution in [3.05, 3.63) is 52.2 Å². The number of nitrogens with one attached hydrogen (secondary N) is 1. The average Bonchev–Trinajstić information content (AvgIpc) is 3.23. The average molecular weight is 366 g/mol. The zero-order valence-electron chi connectivity index (χ0n) is 13.8. The number of anilines is 1. The number of urea groups is 1. The van der Waals surface area contributed by atoms with Crippen LogP contribution in [0.5, 0.6) is 0 Å². The van der Waals surface area contributed by atoms with Gasteiger partial charge in [0.05, 0.1) is 5.69 Å². The molecule has 134 valence electrons. The van der Waals surface area contributed by atoms with E-state index in [1.165, 1.54) is 18.2 Å². The number of alkyl halides is 2. The van der Waals surface area contributed by atoms with Crippen LogP contribution in [-0.4, -0.2) is 35.7 Å². The Kier molecular flexibility index (Phi) is 5.06. The summed E-state index contributed by atoms with van der Waals surface area (Å²) in [5, 5.41) is 16.2. The van der Waals surface area contributed by atoms with Crippen LogP contribution in [-0.2, 0) is 5.92 Å². The normalized spacial score (nSPS) is 20.7. The maximum absolute atomic E-state index is 13.7. The molecule has 25 heavy (non-hydrogen) atoms. The van der Waals surface area contributed by atoms with Gasteiger partial charge in [0.1, 0.15) is 0 Å². The van der Waals surface area contributed by atoms with Gasteiger partial charge in [0, 0.05) is 44.0 Å². The van der Waals surface area contributed by atoms with E-state index < -0.39 is 12.0 Å². The van der Waals surface area contributed by atoms with Crippen LogP contribution < -0.4 is 5.32 Å². The number of aliphatic hydroxyl groups is 1. The molecule has 4 nitrogen and oxygen atoms in total. The summed E-state index contributed by atoms with van der Waals surface area (Å²) in [7, 11) is 0. The second-order valence-electron chi connectivity index (χ2n) is 6.37. The van der Waals surface area contributed by atoms with E-state index in [0.29, 0.717) is 13.1 Å². The second-order valence-corrected chi connectivity index (χ2v) is 7.15. The van der Waals surface area contributed by atoms with Crippen molar-refractivity contribution in [2.24, 2.45) is 5.92 Å². The summed E-state index contributed by atoms with van der Waals surface area (Å²) in [6.07, 6.45) is 0. The van der Waals surface area contributed by atoms with E-state index in [1.807, 2.05) is 16.8 Å². The van der Waals surface area contributed by atoms with Crippen molar-refractivity contribution in [1.82, 2.24) is 4.90 Å². The molecule has 0 aliphatic carbocycles. The van der Waals surface area contributed by atoms with Gasteiger partial charge in [-0.15, -0.1) is 0 Å². The number of likely N-dealkylation sites (tertiary alicyclic amines) is 1. The van der Waals surface area contributed by atoms with E-state index in [9.17, 15) is 18.7 Å². The number of thiophene rings is 1. The molecule has 2 atom stereocenters. The fraction of sp³-hybridized carbons (Fsp3) is 0.389. The fourth-order valence-corrected chi connectivity index (χ4v) is 3.98. The van der Waals surface area contributed by atoms with Gasteiger partial charge >= 0.3 is 6.03 Å². The van der Waals surface area contributed by atoms with Crippen LogP contribution in [0.4, 0.5) is 19.3 Å². The minimum Gasteiger partial charge on any atom is -0.396 e. The Morgan fingerprint density at radius 3 is 2.76 bits per heavy atom. The van der Waals surface area contributed by atoms with Gasteiger partial charge in [-0.25, -0.2) is 13.6 Å². The highest BCUT2D eigenvalue weighted by atomic mass is 32.1. The Balaban J connectivity index is 1.75. The third kappa shape index (κ3) is 3.82. The summed E-state index contributed by atoms with van der Waals surface area (Å²) in [5.41, 5.74) is 0.995. The quantitative estimate of drug-likeness (QED) is 0.856. The van der Waals surface area contributed by atoms with Gasteiger partial charge in [0.15, 0.2) is 0 Å². The minimum absolute atomic E-state index is 0.0199. The number of nitrogens with zero attached hydrogens (tertiary/aromatic N) is 1. The van der Waals surface area contributed by atoms with Crippen molar-refractivity contribution in [1.29, 1.82) is 0 Å². The van der Waals surface area contributed by atoms with Gasteiger partial charge in [0.25, 0.3) is 5.92 Å². The fourth-order valence-electron chi connectivity index (χ4n) is 3.25. The Hall–Kier alpha value is -1.99. The van der Waals surface area contributed by atoms with E-state index in [1.54, 1.807) is 22.3 Å². The predicted octanol–water partition coefficient (Wildman–Crippen LogP) is 4.10. The Labute approximate surface area is 149 Å². The van der Waals surface area contributed by atoms with Gasteiger partial charge in [-0.3, -0.25) is 0 Å². The van der Waals surface area contributed by atoms with E-state index in [2.05, 4.69) is 5.32 Å². The monoisotopic (exact) mass is 366 g/mol. The van der Waals surface area contributed by atoms with Gasteiger partial charge < -0.3 is 15.3 Å². The van der Waals surface area contributed by atoms with Crippen LogP contribution in [0, 0.1) is 5.92 Å². The first-order valence-corrected chi connectivity index (χ1v) is 9.00. The largest absolute Gasteiger partial charge is 0.396 e. The van der Waals surface area contributed by atoms with Crippen LogP contribution in [0.15, 0.2) is 41.1 Å². The first-order chi connectivity index (χ1) is 11.9. The first kappa shape index (κ1) is 17.8. The van der Waals surface area contributed by atoms with E-state index >= 15 is 0 Å². The number of rotatable bonds is 4. The summed E-state index contributed by atoms with van der Waals surface area (Å²) >= 11 is 1.57. The number of benzene rings is 1. The minimum atomic E-state index is -3.04. The molecular formula is C18H20F2N2O2S. The van der Waals surface area contributed by atoms with Crippen molar-refractivity contribution < 1.29 is 18.7 Å². The molecule has 3 rings (SSSR count). The van der Waals surface area contributed by atoms with Crippen LogP contribution >= 0.6 is 11.3 Å². The molecule has 0 bridgehead atoms. The topological polar surface area (TPSA) is 52.6 Å². The van der Waals surface area contributed by atoms with Crippen LogP contribution in [0.25, 0.3) is 0 Å². The third-order valence-electron chi connectivity index (χ3n) is 4.58. The summed E-state index contributed by atoms with van der Waals surface area (Å²) in [6.45, 7) is 1.64. The third-order valence-corrected chi connectivity index (χ3v) is 5.28.